The van der Waals surface area contributed by atoms with Gasteiger partial charge in [-0.1, -0.05) is 6.07 Å². The van der Waals surface area contributed by atoms with Gasteiger partial charge in [0.1, 0.15) is 6.10 Å². The monoisotopic (exact) mass is 386 g/mol. The Hall–Kier alpha value is -1.92. The molecule has 0 radical (unpaired) electrons. The number of aryl methyl sites for hydroxylation is 1. The minimum atomic E-state index is -0.293. The molecular weight excluding hydrogens is 356 g/mol. The Balaban J connectivity index is 1.53. The predicted octanol–water partition coefficient (Wildman–Crippen LogP) is 2.61. The van der Waals surface area contributed by atoms with Gasteiger partial charge in [0.05, 0.1) is 12.6 Å². The van der Waals surface area contributed by atoms with Gasteiger partial charge in [-0.3, -0.25) is 9.59 Å². The average Bonchev–Trinajstić information content (AvgIpc) is 3.48. The number of hydrogen-bond donors (Lipinski definition) is 1. The molecule has 152 valence electrons. The molecule has 0 unspecified atom stereocenters. The fourth-order valence-electron chi connectivity index (χ4n) is 4.42. The zero-order valence-electron chi connectivity index (χ0n) is 16.6. The molecule has 4 rings (SSSR count). The van der Waals surface area contributed by atoms with E-state index in [1.54, 1.807) is 7.11 Å². The molecule has 0 aromatic heterocycles. The van der Waals surface area contributed by atoms with E-state index in [-0.39, 0.29) is 24.0 Å². The number of ether oxygens (including phenoxy) is 2. The molecule has 1 aliphatic heterocycles. The summed E-state index contributed by atoms with van der Waals surface area (Å²) in [6.07, 6.45) is 6.65. The Labute approximate surface area is 166 Å². The first kappa shape index (κ1) is 19.4. The number of amides is 2. The van der Waals surface area contributed by atoms with Crippen molar-refractivity contribution in [3.63, 3.8) is 0 Å². The van der Waals surface area contributed by atoms with E-state index in [9.17, 15) is 9.59 Å². The van der Waals surface area contributed by atoms with Crippen LogP contribution in [0.4, 0.5) is 0 Å². The number of benzene rings is 1. The summed E-state index contributed by atoms with van der Waals surface area (Å²) in [5, 5.41) is 2.88. The maximum absolute atomic E-state index is 13.3. The van der Waals surface area contributed by atoms with Gasteiger partial charge >= 0.3 is 0 Å². The molecule has 1 heterocycles. The summed E-state index contributed by atoms with van der Waals surface area (Å²) in [4.78, 5) is 27.8. The van der Waals surface area contributed by atoms with E-state index < -0.39 is 0 Å². The molecule has 28 heavy (non-hydrogen) atoms. The van der Waals surface area contributed by atoms with Gasteiger partial charge < -0.3 is 19.7 Å². The molecule has 1 aromatic rings. The summed E-state index contributed by atoms with van der Waals surface area (Å²) in [6.45, 7) is 1.66. The maximum atomic E-state index is 13.3. The fourth-order valence-corrected chi connectivity index (χ4v) is 4.42. The topological polar surface area (TPSA) is 67.9 Å². The molecule has 2 atom stereocenters. The Bertz CT molecular complexity index is 725. The van der Waals surface area contributed by atoms with Crippen molar-refractivity contribution in [2.24, 2.45) is 0 Å². The third-order valence-electron chi connectivity index (χ3n) is 6.03. The van der Waals surface area contributed by atoms with Crippen LogP contribution in [0.2, 0.25) is 0 Å². The summed E-state index contributed by atoms with van der Waals surface area (Å²) >= 11 is 0. The molecule has 0 bridgehead atoms. The third-order valence-corrected chi connectivity index (χ3v) is 6.03. The van der Waals surface area contributed by atoms with Crippen LogP contribution in [0, 0.1) is 0 Å². The molecule has 1 N–H and O–H groups in total. The van der Waals surface area contributed by atoms with Crippen LogP contribution in [-0.4, -0.2) is 55.7 Å². The van der Waals surface area contributed by atoms with Gasteiger partial charge in [-0.25, -0.2) is 0 Å². The average molecular weight is 386 g/mol. The third kappa shape index (κ3) is 4.08. The Morgan fingerprint density at radius 2 is 2.07 bits per heavy atom. The van der Waals surface area contributed by atoms with Crippen LogP contribution < -0.4 is 5.32 Å². The highest BCUT2D eigenvalue weighted by Crippen LogP contribution is 2.43. The molecule has 1 saturated carbocycles. The standard InChI is InChI=1S/C22H30N2O4/c1-27-13-11-23-21(25)16-6-5-15-7-10-19(18(15)14-16)24(17-8-9-17)22(26)20-4-2-3-12-28-20/h5-6,14,17,19-20H,2-4,7-13H2,1H3,(H,23,25)/t19-,20+/m0/s1. The van der Waals surface area contributed by atoms with Crippen LogP contribution in [0.5, 0.6) is 0 Å². The number of nitrogens with one attached hydrogen (secondary N) is 1. The van der Waals surface area contributed by atoms with E-state index >= 15 is 0 Å². The van der Waals surface area contributed by atoms with Crippen LogP contribution in [-0.2, 0) is 20.7 Å². The van der Waals surface area contributed by atoms with Gasteiger partial charge in [-0.15, -0.1) is 0 Å². The normalized spacial score (nSPS) is 23.9. The molecule has 1 aromatic carbocycles. The van der Waals surface area contributed by atoms with Crippen molar-refractivity contribution < 1.29 is 19.1 Å². The molecule has 6 heteroatoms. The van der Waals surface area contributed by atoms with E-state index in [0.29, 0.717) is 31.4 Å². The van der Waals surface area contributed by atoms with E-state index in [0.717, 1.165) is 50.5 Å². The van der Waals surface area contributed by atoms with Crippen LogP contribution in [0.15, 0.2) is 18.2 Å². The van der Waals surface area contributed by atoms with Crippen molar-refractivity contribution in [1.29, 1.82) is 0 Å². The minimum absolute atomic E-state index is 0.0623. The van der Waals surface area contributed by atoms with E-state index in [1.165, 1.54) is 5.56 Å². The molecule has 2 aliphatic carbocycles. The molecule has 6 nitrogen and oxygen atoms in total. The molecular formula is C22H30N2O4. The summed E-state index contributed by atoms with van der Waals surface area (Å²) in [5.41, 5.74) is 3.04. The zero-order chi connectivity index (χ0) is 19.5. The number of hydrogen-bond acceptors (Lipinski definition) is 4. The minimum Gasteiger partial charge on any atom is -0.383 e. The van der Waals surface area contributed by atoms with Gasteiger partial charge in [0, 0.05) is 31.9 Å². The highest BCUT2D eigenvalue weighted by Gasteiger charge is 2.43. The van der Waals surface area contributed by atoms with Gasteiger partial charge in [-0.2, -0.15) is 0 Å². The largest absolute Gasteiger partial charge is 0.383 e. The van der Waals surface area contributed by atoms with Crippen LogP contribution in [0.3, 0.4) is 0 Å². The first-order chi connectivity index (χ1) is 13.7. The summed E-state index contributed by atoms with van der Waals surface area (Å²) in [6, 6.07) is 6.31. The summed E-state index contributed by atoms with van der Waals surface area (Å²) < 4.78 is 10.8. The van der Waals surface area contributed by atoms with Gasteiger partial charge in [0.25, 0.3) is 11.8 Å². The van der Waals surface area contributed by atoms with Crippen LogP contribution in [0.25, 0.3) is 0 Å². The number of carbonyl (C=O) groups is 2. The van der Waals surface area contributed by atoms with Gasteiger partial charge in [0.15, 0.2) is 0 Å². The molecule has 1 saturated heterocycles. The highest BCUT2D eigenvalue weighted by atomic mass is 16.5. The first-order valence-electron chi connectivity index (χ1n) is 10.5. The number of carbonyl (C=O) groups excluding carboxylic acids is 2. The Morgan fingerprint density at radius 3 is 2.79 bits per heavy atom. The van der Waals surface area contributed by atoms with Crippen molar-refractivity contribution in [3.8, 4) is 0 Å². The SMILES string of the molecule is COCCNC(=O)c1ccc2c(c1)[C@@H](N(C(=O)[C@H]1CCCCO1)C1CC1)CC2. The van der Waals surface area contributed by atoms with Crippen molar-refractivity contribution in [3.05, 3.63) is 34.9 Å². The van der Waals surface area contributed by atoms with Crippen LogP contribution >= 0.6 is 0 Å². The Morgan fingerprint density at radius 1 is 1.21 bits per heavy atom. The van der Waals surface area contributed by atoms with Crippen molar-refractivity contribution >= 4 is 11.8 Å². The van der Waals surface area contributed by atoms with Crippen molar-refractivity contribution in [1.82, 2.24) is 10.2 Å². The summed E-state index contributed by atoms with van der Waals surface area (Å²) in [7, 11) is 1.62. The second-order valence-corrected chi connectivity index (χ2v) is 8.05. The number of methoxy groups -OCH3 is 1. The number of fused-ring (bicyclic) bond motifs is 1. The zero-order valence-corrected chi connectivity index (χ0v) is 16.6. The highest BCUT2D eigenvalue weighted by molar-refractivity contribution is 5.94. The number of nitrogens with zero attached hydrogens (tertiary/aromatic N) is 1. The molecule has 2 amide bonds. The number of rotatable bonds is 7. The van der Waals surface area contributed by atoms with Crippen LogP contribution in [0.1, 0.15) is 66.1 Å². The first-order valence-corrected chi connectivity index (χ1v) is 10.5. The van der Waals surface area contributed by atoms with Crippen molar-refractivity contribution in [2.75, 3.05) is 26.9 Å². The lowest BCUT2D eigenvalue weighted by molar-refractivity contribution is -0.149. The fraction of sp³-hybridized carbons (Fsp3) is 0.636. The Kier molecular flexibility index (Phi) is 5.97. The lowest BCUT2D eigenvalue weighted by atomic mass is 10.0. The second-order valence-electron chi connectivity index (χ2n) is 8.05. The lowest BCUT2D eigenvalue weighted by Crippen LogP contribution is -2.44. The lowest BCUT2D eigenvalue weighted by Gasteiger charge is -2.34. The van der Waals surface area contributed by atoms with Gasteiger partial charge in [-0.05, 0) is 68.2 Å². The summed E-state index contributed by atoms with van der Waals surface area (Å²) in [5.74, 6) is 0.0559. The molecule has 3 aliphatic rings. The van der Waals surface area contributed by atoms with Gasteiger partial charge in [0.2, 0.25) is 0 Å². The van der Waals surface area contributed by atoms with E-state index in [4.69, 9.17) is 9.47 Å². The van der Waals surface area contributed by atoms with E-state index in [1.807, 2.05) is 18.2 Å². The van der Waals surface area contributed by atoms with Crippen molar-refractivity contribution in [2.45, 2.75) is 63.1 Å². The molecule has 2 fully saturated rings. The maximum Gasteiger partial charge on any atom is 0.252 e. The van der Waals surface area contributed by atoms with E-state index in [2.05, 4.69) is 10.2 Å². The quantitative estimate of drug-likeness (QED) is 0.732. The second kappa shape index (κ2) is 8.62. The smallest absolute Gasteiger partial charge is 0.252 e. The predicted molar refractivity (Wildman–Crippen MR) is 105 cm³/mol. The molecule has 0 spiro atoms.